The van der Waals surface area contributed by atoms with Crippen LogP contribution in [0, 0.1) is 10.1 Å². The maximum absolute atomic E-state index is 11.3. The quantitative estimate of drug-likeness (QED) is 0.378. The van der Waals surface area contributed by atoms with Gasteiger partial charge in [0.1, 0.15) is 17.6 Å². The van der Waals surface area contributed by atoms with E-state index in [1.807, 2.05) is 18.2 Å². The number of ether oxygens (including phenoxy) is 1. The molecule has 0 bridgehead atoms. The van der Waals surface area contributed by atoms with Crippen LogP contribution in [0.5, 0.6) is 11.6 Å². The molecule has 1 amide bonds. The van der Waals surface area contributed by atoms with Crippen molar-refractivity contribution in [3.8, 4) is 11.6 Å². The summed E-state index contributed by atoms with van der Waals surface area (Å²) >= 11 is 0. The number of rotatable bonds is 6. The van der Waals surface area contributed by atoms with Gasteiger partial charge in [-0.1, -0.05) is 24.3 Å². The first kappa shape index (κ1) is 21.4. The SMILES string of the molecule is CC(=O)Nc1cccc(Oc2cc(Nc3ccccc3)c([N+](=O)[O-])cn2)c1.[NaH]. The van der Waals surface area contributed by atoms with Gasteiger partial charge < -0.3 is 15.4 Å². The summed E-state index contributed by atoms with van der Waals surface area (Å²) in [6, 6.07) is 17.3. The third kappa shape index (κ3) is 5.78. The fraction of sp³-hybridized carbons (Fsp3) is 0.0526. The molecule has 0 saturated carbocycles. The van der Waals surface area contributed by atoms with Gasteiger partial charge in [-0.25, -0.2) is 4.98 Å². The molecule has 9 heteroatoms. The molecular weight excluding hydrogens is 371 g/mol. The van der Waals surface area contributed by atoms with E-state index in [9.17, 15) is 14.9 Å². The van der Waals surface area contributed by atoms with Crippen LogP contribution in [-0.4, -0.2) is 45.4 Å². The normalized spacial score (nSPS) is 9.75. The zero-order chi connectivity index (χ0) is 19.2. The number of amides is 1. The van der Waals surface area contributed by atoms with E-state index in [1.165, 1.54) is 13.0 Å². The first-order chi connectivity index (χ1) is 13.0. The van der Waals surface area contributed by atoms with Crippen LogP contribution in [0.25, 0.3) is 0 Å². The summed E-state index contributed by atoms with van der Waals surface area (Å²) in [7, 11) is 0. The van der Waals surface area contributed by atoms with Crippen molar-refractivity contribution in [2.45, 2.75) is 6.92 Å². The number of benzene rings is 2. The molecular formula is C19H17N4NaO4. The summed E-state index contributed by atoms with van der Waals surface area (Å²) in [6.45, 7) is 1.41. The Morgan fingerprint density at radius 3 is 2.46 bits per heavy atom. The van der Waals surface area contributed by atoms with Crippen molar-refractivity contribution < 1.29 is 14.5 Å². The molecule has 28 heavy (non-hydrogen) atoms. The number of para-hydroxylation sites is 1. The summed E-state index contributed by atoms with van der Waals surface area (Å²) in [4.78, 5) is 25.9. The van der Waals surface area contributed by atoms with E-state index in [-0.39, 0.29) is 52.7 Å². The Hall–Kier alpha value is -2.94. The molecule has 8 nitrogen and oxygen atoms in total. The molecule has 1 aromatic heterocycles. The predicted octanol–water partition coefficient (Wildman–Crippen LogP) is 3.84. The molecule has 0 saturated heterocycles. The van der Waals surface area contributed by atoms with Crippen molar-refractivity contribution >= 4 is 58.2 Å². The van der Waals surface area contributed by atoms with E-state index in [1.54, 1.807) is 36.4 Å². The number of aromatic nitrogens is 1. The van der Waals surface area contributed by atoms with E-state index in [4.69, 9.17) is 4.74 Å². The Kier molecular flexibility index (Phi) is 7.51. The fourth-order valence-electron chi connectivity index (χ4n) is 2.37. The molecule has 2 N–H and O–H groups in total. The van der Waals surface area contributed by atoms with Crippen molar-refractivity contribution in [3.05, 3.63) is 77.0 Å². The third-order valence-electron chi connectivity index (χ3n) is 3.48. The summed E-state index contributed by atoms with van der Waals surface area (Å²) in [6.07, 6.45) is 1.14. The summed E-state index contributed by atoms with van der Waals surface area (Å²) < 4.78 is 5.69. The molecule has 0 spiro atoms. The number of pyridine rings is 1. The molecule has 0 fully saturated rings. The number of nitrogens with zero attached hydrogens (tertiary/aromatic N) is 2. The molecule has 0 aliphatic carbocycles. The topological polar surface area (TPSA) is 106 Å². The Morgan fingerprint density at radius 1 is 1.07 bits per heavy atom. The minimum atomic E-state index is -0.514. The molecule has 0 atom stereocenters. The van der Waals surface area contributed by atoms with E-state index < -0.39 is 4.92 Å². The number of nitro groups is 1. The van der Waals surface area contributed by atoms with Crippen LogP contribution in [0.3, 0.4) is 0 Å². The van der Waals surface area contributed by atoms with Gasteiger partial charge in [0, 0.05) is 30.4 Å². The van der Waals surface area contributed by atoms with E-state index >= 15 is 0 Å². The van der Waals surface area contributed by atoms with Crippen LogP contribution >= 0.6 is 0 Å². The van der Waals surface area contributed by atoms with E-state index in [2.05, 4.69) is 15.6 Å². The van der Waals surface area contributed by atoms with Crippen LogP contribution in [0.15, 0.2) is 66.9 Å². The Bertz CT molecular complexity index is 983. The first-order valence-electron chi connectivity index (χ1n) is 8.03. The van der Waals surface area contributed by atoms with Gasteiger partial charge in [0.2, 0.25) is 11.8 Å². The average Bonchev–Trinajstić information content (AvgIpc) is 2.62. The maximum atomic E-state index is 11.3. The van der Waals surface area contributed by atoms with Gasteiger partial charge in [-0.15, -0.1) is 0 Å². The molecule has 0 aliphatic heterocycles. The Labute approximate surface area is 183 Å². The van der Waals surface area contributed by atoms with Gasteiger partial charge in [-0.3, -0.25) is 14.9 Å². The minimum absolute atomic E-state index is 0. The van der Waals surface area contributed by atoms with Crippen molar-refractivity contribution in [2.24, 2.45) is 0 Å². The van der Waals surface area contributed by atoms with E-state index in [0.29, 0.717) is 17.1 Å². The van der Waals surface area contributed by atoms with Crippen molar-refractivity contribution in [2.75, 3.05) is 10.6 Å². The third-order valence-corrected chi connectivity index (χ3v) is 3.48. The van der Waals surface area contributed by atoms with Crippen LogP contribution in [0.1, 0.15) is 6.92 Å². The van der Waals surface area contributed by atoms with Crippen molar-refractivity contribution in [3.63, 3.8) is 0 Å². The number of hydrogen-bond acceptors (Lipinski definition) is 6. The second-order valence-electron chi connectivity index (χ2n) is 5.60. The van der Waals surface area contributed by atoms with Gasteiger partial charge in [0.15, 0.2) is 0 Å². The molecule has 3 rings (SSSR count). The summed E-state index contributed by atoms with van der Waals surface area (Å²) in [5.41, 5.74) is 1.36. The van der Waals surface area contributed by atoms with Gasteiger partial charge in [-0.05, 0) is 24.3 Å². The summed E-state index contributed by atoms with van der Waals surface area (Å²) in [5, 5.41) is 16.9. The first-order valence-corrected chi connectivity index (χ1v) is 8.03. The number of carbonyl (C=O) groups excluding carboxylic acids is 1. The van der Waals surface area contributed by atoms with Crippen LogP contribution < -0.4 is 15.4 Å². The van der Waals surface area contributed by atoms with Gasteiger partial charge >= 0.3 is 35.2 Å². The molecule has 138 valence electrons. The Balaban J connectivity index is 0.00000280. The van der Waals surface area contributed by atoms with Crippen molar-refractivity contribution in [1.29, 1.82) is 0 Å². The predicted molar refractivity (Wildman–Crippen MR) is 109 cm³/mol. The van der Waals surface area contributed by atoms with Crippen molar-refractivity contribution in [1.82, 2.24) is 4.98 Å². The molecule has 0 radical (unpaired) electrons. The fourth-order valence-corrected chi connectivity index (χ4v) is 2.37. The van der Waals surface area contributed by atoms with Gasteiger partial charge in [0.25, 0.3) is 0 Å². The van der Waals surface area contributed by atoms with E-state index in [0.717, 1.165) is 6.20 Å². The second-order valence-corrected chi connectivity index (χ2v) is 5.60. The molecule has 3 aromatic rings. The molecule has 0 aliphatic rings. The molecule has 2 aromatic carbocycles. The van der Waals surface area contributed by atoms with Gasteiger partial charge in [0.05, 0.1) is 4.92 Å². The molecule has 0 unspecified atom stereocenters. The molecule has 1 heterocycles. The number of nitrogens with one attached hydrogen (secondary N) is 2. The number of anilines is 3. The zero-order valence-corrected chi connectivity index (χ0v) is 14.4. The number of carbonyl (C=O) groups is 1. The Morgan fingerprint density at radius 2 is 1.79 bits per heavy atom. The standard InChI is InChI=1S/C19H16N4O4.Na.H/c1-13(24)21-15-8-5-9-16(10-15)27-19-11-17(18(12-20-19)23(25)26)22-14-6-3-2-4-7-14;;/h2-12H,1H3,(H,20,22)(H,21,24);;. The second kappa shape index (κ2) is 9.84. The average molecular weight is 388 g/mol. The van der Waals surface area contributed by atoms with Gasteiger partial charge in [-0.2, -0.15) is 0 Å². The number of hydrogen-bond donors (Lipinski definition) is 2. The van der Waals surface area contributed by atoms with Crippen LogP contribution in [0.4, 0.5) is 22.7 Å². The monoisotopic (exact) mass is 388 g/mol. The summed E-state index contributed by atoms with van der Waals surface area (Å²) in [5.74, 6) is 0.419. The van der Waals surface area contributed by atoms with Crippen LogP contribution in [-0.2, 0) is 4.79 Å². The zero-order valence-electron chi connectivity index (χ0n) is 14.4. The van der Waals surface area contributed by atoms with Crippen LogP contribution in [0.2, 0.25) is 0 Å².